The van der Waals surface area contributed by atoms with Crippen molar-refractivity contribution in [2.45, 2.75) is 64.6 Å². The van der Waals surface area contributed by atoms with Crippen LogP contribution in [0.5, 0.6) is 5.75 Å². The number of nitrogens with one attached hydrogen (secondary N) is 1. The first-order valence-electron chi connectivity index (χ1n) is 16.2. The van der Waals surface area contributed by atoms with Gasteiger partial charge in [-0.15, -0.1) is 0 Å². The first-order valence-corrected chi connectivity index (χ1v) is 16.2. The highest BCUT2D eigenvalue weighted by Gasteiger charge is 2.32. The van der Waals surface area contributed by atoms with E-state index in [1.54, 1.807) is 39.0 Å². The molecule has 49 heavy (non-hydrogen) atoms. The van der Waals surface area contributed by atoms with Gasteiger partial charge in [-0.1, -0.05) is 12.1 Å². The molecule has 1 aromatic carbocycles. The number of carbonyl (C=O) groups is 3. The number of hydrogen-bond acceptors (Lipinski definition) is 8. The zero-order valence-corrected chi connectivity index (χ0v) is 28.5. The van der Waals surface area contributed by atoms with E-state index in [0.717, 1.165) is 29.0 Å². The molecule has 4 heterocycles. The van der Waals surface area contributed by atoms with E-state index >= 15 is 0 Å². The van der Waals surface area contributed by atoms with Crippen LogP contribution in [-0.4, -0.2) is 98.9 Å². The van der Waals surface area contributed by atoms with Crippen molar-refractivity contribution in [3.63, 3.8) is 0 Å². The summed E-state index contributed by atoms with van der Waals surface area (Å²) in [4.78, 5) is 54.3. The molecule has 1 aliphatic heterocycles. The third-order valence-corrected chi connectivity index (χ3v) is 8.67. The maximum Gasteiger partial charge on any atom is 0.408 e. The number of aromatic nitrogens is 4. The highest BCUT2D eigenvalue weighted by atomic mass is 19.1. The zero-order chi connectivity index (χ0) is 35.2. The van der Waals surface area contributed by atoms with Gasteiger partial charge in [-0.05, 0) is 57.7 Å². The summed E-state index contributed by atoms with van der Waals surface area (Å²) in [5.41, 5.74) is 2.69. The van der Waals surface area contributed by atoms with Crippen molar-refractivity contribution in [2.75, 3.05) is 33.9 Å². The number of pyridine rings is 1. The SMILES string of the molecule is CON(C)C(=O)C(F)Oc1cccc2cc(-c3nc4cc5c(nc4n3C)CCN(C[C@@H](CF)NC(=O)OC(C)(C)C)C5=O)n(CC3CC3)c12. The molecule has 3 amide bonds. The van der Waals surface area contributed by atoms with Crippen molar-refractivity contribution >= 4 is 40.0 Å². The van der Waals surface area contributed by atoms with E-state index in [1.807, 2.05) is 28.3 Å². The Bertz CT molecular complexity index is 1910. The van der Waals surface area contributed by atoms with E-state index in [2.05, 4.69) is 5.32 Å². The van der Waals surface area contributed by atoms with Crippen molar-refractivity contribution in [1.29, 1.82) is 0 Å². The number of fused-ring (bicyclic) bond motifs is 3. The monoisotopic (exact) mass is 681 g/mol. The average Bonchev–Trinajstić information content (AvgIpc) is 3.72. The third-order valence-electron chi connectivity index (χ3n) is 8.67. The third kappa shape index (κ3) is 7.02. The number of aryl methyl sites for hydroxylation is 1. The van der Waals surface area contributed by atoms with Crippen LogP contribution in [0.4, 0.5) is 13.6 Å². The van der Waals surface area contributed by atoms with Crippen molar-refractivity contribution in [3.05, 3.63) is 41.6 Å². The fourth-order valence-electron chi connectivity index (χ4n) is 6.03. The van der Waals surface area contributed by atoms with Crippen LogP contribution < -0.4 is 10.1 Å². The predicted octanol–water partition coefficient (Wildman–Crippen LogP) is 4.56. The second kappa shape index (κ2) is 13.3. The normalized spacial score (nSPS) is 16.1. The maximum atomic E-state index is 15.0. The molecule has 15 heteroatoms. The Hall–Kier alpha value is -4.79. The van der Waals surface area contributed by atoms with Gasteiger partial charge in [0, 0.05) is 45.5 Å². The van der Waals surface area contributed by atoms with Crippen LogP contribution in [0.3, 0.4) is 0 Å². The van der Waals surface area contributed by atoms with Gasteiger partial charge in [0.2, 0.25) is 0 Å². The second-order valence-electron chi connectivity index (χ2n) is 13.5. The Balaban J connectivity index is 1.32. The summed E-state index contributed by atoms with van der Waals surface area (Å²) in [6.45, 7) is 5.18. The molecule has 13 nitrogen and oxygen atoms in total. The van der Waals surface area contributed by atoms with Crippen molar-refractivity contribution < 1.29 is 37.5 Å². The van der Waals surface area contributed by atoms with Gasteiger partial charge in [0.05, 0.1) is 35.6 Å². The summed E-state index contributed by atoms with van der Waals surface area (Å²) < 4.78 is 43.6. The average molecular weight is 682 g/mol. The van der Waals surface area contributed by atoms with E-state index in [-0.39, 0.29) is 18.2 Å². The fraction of sp³-hybridized carbons (Fsp3) is 0.500. The van der Waals surface area contributed by atoms with E-state index < -0.39 is 36.7 Å². The molecule has 0 bridgehead atoms. The highest BCUT2D eigenvalue weighted by Crippen LogP contribution is 2.39. The molecule has 1 unspecified atom stereocenters. The number of rotatable bonds is 11. The number of likely N-dealkylation sites (N-methyl/N-ethyl adjacent to an activating group) is 1. The Kier molecular flexibility index (Phi) is 9.22. The van der Waals surface area contributed by atoms with E-state index in [0.29, 0.717) is 59.2 Å². The quantitative estimate of drug-likeness (QED) is 0.228. The first-order chi connectivity index (χ1) is 23.3. The lowest BCUT2D eigenvalue weighted by Crippen LogP contribution is -2.50. The molecule has 262 valence electrons. The number of ether oxygens (including phenoxy) is 2. The molecule has 1 saturated carbocycles. The van der Waals surface area contributed by atoms with Crippen LogP contribution in [0, 0.1) is 5.92 Å². The van der Waals surface area contributed by atoms with Crippen LogP contribution in [0.1, 0.15) is 49.7 Å². The van der Waals surface area contributed by atoms with Gasteiger partial charge in [0.15, 0.2) is 11.5 Å². The number of carbonyl (C=O) groups excluding carboxylic acids is 3. The Morgan fingerprint density at radius 1 is 1.18 bits per heavy atom. The van der Waals surface area contributed by atoms with Gasteiger partial charge >= 0.3 is 18.4 Å². The maximum absolute atomic E-state index is 15.0. The van der Waals surface area contributed by atoms with Crippen molar-refractivity contribution in [3.8, 4) is 17.3 Å². The number of para-hydroxylation sites is 1. The topological polar surface area (TPSA) is 133 Å². The molecule has 6 rings (SSSR count). The van der Waals surface area contributed by atoms with Crippen LogP contribution in [0.15, 0.2) is 30.3 Å². The Morgan fingerprint density at radius 3 is 2.61 bits per heavy atom. The van der Waals surface area contributed by atoms with E-state index in [1.165, 1.54) is 19.1 Å². The number of hydroxylamine groups is 2. The summed E-state index contributed by atoms with van der Waals surface area (Å²) in [5, 5.41) is 4.07. The molecule has 0 radical (unpaired) electrons. The standard InChI is InChI=1S/C34H41F2N7O6/c1-34(2,3)49-33(46)37-21(16-35)18-42-13-12-23-22(31(42)44)15-24-29(38-23)40(4)30(39-24)25-14-20-8-7-9-26(27(20)43(25)17-19-10-11-19)48-28(36)32(45)41(5)47-6/h7-9,14-15,19,21,28H,10-13,16-18H2,1-6H3,(H,37,46)/t21-,28?/m1/s1. The summed E-state index contributed by atoms with van der Waals surface area (Å²) >= 11 is 0. The minimum absolute atomic E-state index is 0.0295. The van der Waals surface area contributed by atoms with E-state index in [9.17, 15) is 23.2 Å². The van der Waals surface area contributed by atoms with E-state index in [4.69, 9.17) is 24.3 Å². The number of benzene rings is 1. The Morgan fingerprint density at radius 2 is 1.94 bits per heavy atom. The van der Waals surface area contributed by atoms with Crippen molar-refractivity contribution in [2.24, 2.45) is 13.0 Å². The lowest BCUT2D eigenvalue weighted by molar-refractivity contribution is -0.183. The molecule has 2 aliphatic rings. The number of hydrogen-bond donors (Lipinski definition) is 1. The molecular formula is C34H41F2N7O6. The molecule has 2 atom stereocenters. The molecule has 0 spiro atoms. The molecule has 3 aromatic heterocycles. The van der Waals surface area contributed by atoms with Gasteiger partial charge < -0.3 is 28.8 Å². The molecular weight excluding hydrogens is 640 g/mol. The van der Waals surface area contributed by atoms with Crippen LogP contribution >= 0.6 is 0 Å². The van der Waals surface area contributed by atoms with Crippen LogP contribution in [0.25, 0.3) is 33.6 Å². The second-order valence-corrected chi connectivity index (χ2v) is 13.5. The Labute approximate surface area is 282 Å². The number of amides is 3. The van der Waals surface area contributed by atoms with Gasteiger partial charge in [0.25, 0.3) is 5.91 Å². The minimum Gasteiger partial charge on any atom is -0.449 e. The number of nitrogens with zero attached hydrogens (tertiary/aromatic N) is 6. The molecule has 1 N–H and O–H groups in total. The summed E-state index contributed by atoms with van der Waals surface area (Å²) in [5.74, 6) is -0.0838. The fourth-order valence-corrected chi connectivity index (χ4v) is 6.03. The van der Waals surface area contributed by atoms with Gasteiger partial charge in [-0.2, -0.15) is 4.39 Å². The van der Waals surface area contributed by atoms with Crippen LogP contribution in [0.2, 0.25) is 0 Å². The first kappa shape index (κ1) is 34.1. The van der Waals surface area contributed by atoms with Crippen LogP contribution in [-0.2, 0) is 34.4 Å². The van der Waals surface area contributed by atoms with Gasteiger partial charge in [-0.25, -0.2) is 24.2 Å². The number of halogens is 2. The molecule has 0 saturated heterocycles. The predicted molar refractivity (Wildman–Crippen MR) is 176 cm³/mol. The highest BCUT2D eigenvalue weighted by molar-refractivity contribution is 5.99. The van der Waals surface area contributed by atoms with Gasteiger partial charge in [0.1, 0.15) is 23.5 Å². The molecule has 4 aromatic rings. The zero-order valence-electron chi connectivity index (χ0n) is 28.5. The smallest absolute Gasteiger partial charge is 0.408 e. The summed E-state index contributed by atoms with van der Waals surface area (Å²) in [6.07, 6.45) is -0.486. The summed E-state index contributed by atoms with van der Waals surface area (Å²) in [7, 11) is 4.42. The molecule has 1 fully saturated rings. The van der Waals surface area contributed by atoms with Crippen molar-refractivity contribution in [1.82, 2.24) is 34.4 Å². The largest absolute Gasteiger partial charge is 0.449 e. The lowest BCUT2D eigenvalue weighted by Gasteiger charge is -2.31. The van der Waals surface area contributed by atoms with Gasteiger partial charge in [-0.3, -0.25) is 14.4 Å². The number of alkyl halides is 2. The lowest BCUT2D eigenvalue weighted by atomic mass is 10.0. The number of imidazole rings is 1. The number of alkyl carbamates (subject to hydrolysis) is 1. The molecule has 1 aliphatic carbocycles. The summed E-state index contributed by atoms with van der Waals surface area (Å²) in [6, 6.07) is 7.96. The minimum atomic E-state index is -2.28.